The van der Waals surface area contributed by atoms with E-state index < -0.39 is 22.7 Å². The molecule has 1 N–H and O–H groups in total. The number of ether oxygens (including phenoxy) is 1. The molecule has 1 saturated heterocycles. The predicted octanol–water partition coefficient (Wildman–Crippen LogP) is 4.07. The van der Waals surface area contributed by atoms with Crippen molar-refractivity contribution in [1.29, 1.82) is 0 Å². The van der Waals surface area contributed by atoms with Crippen molar-refractivity contribution in [3.8, 4) is 5.75 Å². The van der Waals surface area contributed by atoms with Crippen LogP contribution in [-0.4, -0.2) is 63.8 Å². The standard InChI is InChI=1S/C27H31N3O6/c1-4-28(5-2)13-6-14-29-24(18-7-10-21(11-8-18)30(34)35)23(26(32)27(29)33)25(31)19-9-12-22-20(16-19)15-17(3)36-22/h7-12,16-17,24,31H,4-6,13-15H2,1-3H3/t17-,24+/m1/s1. The van der Waals surface area contributed by atoms with Gasteiger partial charge in [0.2, 0.25) is 0 Å². The Kier molecular flexibility index (Phi) is 7.40. The van der Waals surface area contributed by atoms with Crippen molar-refractivity contribution in [1.82, 2.24) is 9.80 Å². The number of nitro groups is 1. The van der Waals surface area contributed by atoms with Crippen LogP contribution in [0.15, 0.2) is 48.0 Å². The fraction of sp³-hybridized carbons (Fsp3) is 0.407. The molecule has 9 heteroatoms. The lowest BCUT2D eigenvalue weighted by atomic mass is 9.94. The molecule has 36 heavy (non-hydrogen) atoms. The van der Waals surface area contributed by atoms with E-state index in [4.69, 9.17) is 4.74 Å². The average molecular weight is 494 g/mol. The van der Waals surface area contributed by atoms with Crippen LogP contribution in [0, 0.1) is 10.1 Å². The molecule has 0 saturated carbocycles. The van der Waals surface area contributed by atoms with Crippen molar-refractivity contribution in [2.75, 3.05) is 26.2 Å². The number of Topliss-reactive ketones (excluding diaryl/α,β-unsaturated/α-hetero) is 1. The quantitative estimate of drug-likeness (QED) is 0.184. The Hall–Kier alpha value is -3.72. The summed E-state index contributed by atoms with van der Waals surface area (Å²) in [5.74, 6) is -0.963. The number of carbonyl (C=O) groups is 2. The molecule has 2 aromatic rings. The number of amides is 1. The van der Waals surface area contributed by atoms with Crippen molar-refractivity contribution >= 4 is 23.1 Å². The van der Waals surface area contributed by atoms with Gasteiger partial charge in [-0.2, -0.15) is 0 Å². The minimum atomic E-state index is -0.842. The van der Waals surface area contributed by atoms with E-state index in [0.717, 1.165) is 30.9 Å². The normalized spacial score (nSPS) is 20.6. The number of fused-ring (bicyclic) bond motifs is 1. The summed E-state index contributed by atoms with van der Waals surface area (Å²) in [4.78, 5) is 40.7. The van der Waals surface area contributed by atoms with Crippen LogP contribution in [0.5, 0.6) is 5.75 Å². The number of hydrogen-bond acceptors (Lipinski definition) is 7. The molecule has 2 heterocycles. The van der Waals surface area contributed by atoms with Crippen LogP contribution < -0.4 is 4.74 Å². The maximum Gasteiger partial charge on any atom is 0.295 e. The van der Waals surface area contributed by atoms with Crippen LogP contribution in [0.4, 0.5) is 5.69 Å². The molecule has 0 aliphatic carbocycles. The summed E-state index contributed by atoms with van der Waals surface area (Å²) < 4.78 is 5.74. The van der Waals surface area contributed by atoms with Gasteiger partial charge in [0.25, 0.3) is 17.4 Å². The number of benzene rings is 2. The number of rotatable bonds is 9. The predicted molar refractivity (Wildman–Crippen MR) is 135 cm³/mol. The van der Waals surface area contributed by atoms with Crippen LogP contribution in [0.3, 0.4) is 0 Å². The van der Waals surface area contributed by atoms with Crippen LogP contribution in [-0.2, 0) is 16.0 Å². The molecule has 0 spiro atoms. The molecule has 2 aromatic carbocycles. The van der Waals surface area contributed by atoms with Crippen LogP contribution in [0.1, 0.15) is 49.9 Å². The minimum absolute atomic E-state index is 0.0105. The lowest BCUT2D eigenvalue weighted by Crippen LogP contribution is -2.33. The largest absolute Gasteiger partial charge is 0.507 e. The molecule has 2 aliphatic rings. The first-order valence-electron chi connectivity index (χ1n) is 12.3. The molecular formula is C27H31N3O6. The summed E-state index contributed by atoms with van der Waals surface area (Å²) in [7, 11) is 0. The topological polar surface area (TPSA) is 113 Å². The smallest absolute Gasteiger partial charge is 0.295 e. The van der Waals surface area contributed by atoms with E-state index in [-0.39, 0.29) is 23.1 Å². The van der Waals surface area contributed by atoms with E-state index in [1.165, 1.54) is 29.2 Å². The van der Waals surface area contributed by atoms with Gasteiger partial charge in [0.05, 0.1) is 16.5 Å². The Bertz CT molecular complexity index is 1200. The molecule has 1 fully saturated rings. The molecule has 0 unspecified atom stereocenters. The van der Waals surface area contributed by atoms with E-state index in [1.807, 2.05) is 6.92 Å². The molecule has 190 valence electrons. The molecule has 4 rings (SSSR count). The maximum atomic E-state index is 13.2. The Morgan fingerprint density at radius 1 is 1.17 bits per heavy atom. The van der Waals surface area contributed by atoms with Crippen molar-refractivity contribution in [2.45, 2.75) is 45.8 Å². The number of nitro benzene ring substituents is 1. The van der Waals surface area contributed by atoms with Crippen molar-refractivity contribution in [3.05, 3.63) is 74.8 Å². The zero-order valence-electron chi connectivity index (χ0n) is 20.8. The highest BCUT2D eigenvalue weighted by Crippen LogP contribution is 2.41. The summed E-state index contributed by atoms with van der Waals surface area (Å²) in [6.07, 6.45) is 1.35. The van der Waals surface area contributed by atoms with Gasteiger partial charge in [-0.25, -0.2) is 0 Å². The second kappa shape index (κ2) is 10.5. The number of nitrogens with zero attached hydrogens (tertiary/aromatic N) is 3. The lowest BCUT2D eigenvalue weighted by molar-refractivity contribution is -0.384. The summed E-state index contributed by atoms with van der Waals surface area (Å²) in [5, 5.41) is 22.5. The van der Waals surface area contributed by atoms with Gasteiger partial charge < -0.3 is 19.6 Å². The van der Waals surface area contributed by atoms with Gasteiger partial charge in [0, 0.05) is 30.7 Å². The minimum Gasteiger partial charge on any atom is -0.507 e. The molecule has 9 nitrogen and oxygen atoms in total. The Morgan fingerprint density at radius 2 is 1.86 bits per heavy atom. The van der Waals surface area contributed by atoms with Gasteiger partial charge in [0.1, 0.15) is 17.6 Å². The fourth-order valence-corrected chi connectivity index (χ4v) is 4.96. The van der Waals surface area contributed by atoms with Crippen molar-refractivity contribution in [3.63, 3.8) is 0 Å². The van der Waals surface area contributed by atoms with Gasteiger partial charge >= 0.3 is 0 Å². The first-order chi connectivity index (χ1) is 17.2. The number of carbonyl (C=O) groups excluding carboxylic acids is 2. The molecular weight excluding hydrogens is 462 g/mol. The fourth-order valence-electron chi connectivity index (χ4n) is 4.96. The highest BCUT2D eigenvalue weighted by Gasteiger charge is 2.46. The Morgan fingerprint density at radius 3 is 2.50 bits per heavy atom. The first kappa shape index (κ1) is 25.4. The van der Waals surface area contributed by atoms with Crippen LogP contribution in [0.2, 0.25) is 0 Å². The van der Waals surface area contributed by atoms with E-state index in [0.29, 0.717) is 30.5 Å². The monoisotopic (exact) mass is 493 g/mol. The second-order valence-corrected chi connectivity index (χ2v) is 9.18. The van der Waals surface area contributed by atoms with Crippen LogP contribution in [0.25, 0.3) is 5.76 Å². The number of aliphatic hydroxyl groups excluding tert-OH is 1. The van der Waals surface area contributed by atoms with E-state index in [9.17, 15) is 24.8 Å². The molecule has 1 amide bonds. The molecule has 0 bridgehead atoms. The SMILES string of the molecule is CCN(CC)CCCN1C(=O)C(=O)C(=C(O)c2ccc3c(c2)C[C@@H](C)O3)[C@@H]1c1ccc([N+](=O)[O-])cc1. The van der Waals surface area contributed by atoms with Crippen molar-refractivity contribution in [2.24, 2.45) is 0 Å². The molecule has 2 aliphatic heterocycles. The molecule has 2 atom stereocenters. The van der Waals surface area contributed by atoms with Gasteiger partial charge in [-0.05, 0) is 74.4 Å². The van der Waals surface area contributed by atoms with E-state index in [1.54, 1.807) is 18.2 Å². The molecule has 0 aromatic heterocycles. The first-order valence-corrected chi connectivity index (χ1v) is 12.3. The highest BCUT2D eigenvalue weighted by molar-refractivity contribution is 6.46. The molecule has 0 radical (unpaired) electrons. The van der Waals surface area contributed by atoms with E-state index in [2.05, 4.69) is 18.7 Å². The third-order valence-corrected chi connectivity index (χ3v) is 6.90. The zero-order chi connectivity index (χ0) is 26.0. The Labute approximate surface area is 210 Å². The van der Waals surface area contributed by atoms with Gasteiger partial charge in [-0.15, -0.1) is 0 Å². The third kappa shape index (κ3) is 4.83. The summed E-state index contributed by atoms with van der Waals surface area (Å²) >= 11 is 0. The van der Waals surface area contributed by atoms with Gasteiger partial charge in [0.15, 0.2) is 0 Å². The summed E-state index contributed by atoms with van der Waals surface area (Å²) in [5.41, 5.74) is 1.78. The maximum absolute atomic E-state index is 13.2. The zero-order valence-corrected chi connectivity index (χ0v) is 20.8. The van der Waals surface area contributed by atoms with Crippen LogP contribution >= 0.6 is 0 Å². The number of non-ortho nitro benzene ring substituents is 1. The summed E-state index contributed by atoms with van der Waals surface area (Å²) in [6.45, 7) is 8.91. The third-order valence-electron chi connectivity index (χ3n) is 6.90. The number of ketones is 1. The van der Waals surface area contributed by atoms with E-state index >= 15 is 0 Å². The highest BCUT2D eigenvalue weighted by atomic mass is 16.6. The number of likely N-dealkylation sites (tertiary alicyclic amines) is 1. The van der Waals surface area contributed by atoms with Gasteiger partial charge in [-0.1, -0.05) is 13.8 Å². The summed E-state index contributed by atoms with van der Waals surface area (Å²) in [6, 6.07) is 10.1. The van der Waals surface area contributed by atoms with Crippen molar-refractivity contribution < 1.29 is 24.4 Å². The second-order valence-electron chi connectivity index (χ2n) is 9.18. The Balaban J connectivity index is 1.74. The van der Waals surface area contributed by atoms with Gasteiger partial charge in [-0.3, -0.25) is 19.7 Å². The number of hydrogen-bond donors (Lipinski definition) is 1. The average Bonchev–Trinajstić information content (AvgIpc) is 3.37. The lowest BCUT2D eigenvalue weighted by Gasteiger charge is -2.26. The number of aliphatic hydroxyl groups is 1.